The minimum Gasteiger partial charge on any atom is -0.461 e. The summed E-state index contributed by atoms with van der Waals surface area (Å²) in [5.41, 5.74) is 0. The van der Waals surface area contributed by atoms with Crippen LogP contribution in [-0.4, -0.2) is 64.2 Å². The second kappa shape index (κ2) is 5.87. The van der Waals surface area contributed by atoms with E-state index < -0.39 is 0 Å². The number of aromatic nitrogens is 2. The number of carbonyl (C=O) groups excluding carboxylic acids is 1. The summed E-state index contributed by atoms with van der Waals surface area (Å²) in [6.45, 7) is 7.64. The maximum Gasteiger partial charge on any atom is 0.323 e. The number of nitrogens with zero attached hydrogens (tertiary/aromatic N) is 4. The molecule has 1 saturated carbocycles. The molecule has 1 aromatic heterocycles. The molecule has 7 heteroatoms. The lowest BCUT2D eigenvalue weighted by Crippen LogP contribution is -2.52. The second-order valence-corrected chi connectivity index (χ2v) is 7.01. The predicted molar refractivity (Wildman–Crippen MR) is 81.8 cm³/mol. The first kappa shape index (κ1) is 15.1. The summed E-state index contributed by atoms with van der Waals surface area (Å²) < 4.78 is 10.7. The Hall–Kier alpha value is -1.47. The van der Waals surface area contributed by atoms with Crippen molar-refractivity contribution in [3.63, 3.8) is 0 Å². The summed E-state index contributed by atoms with van der Waals surface area (Å²) >= 11 is 0. The Morgan fingerprint density at radius 3 is 2.57 bits per heavy atom. The van der Waals surface area contributed by atoms with Crippen LogP contribution >= 0.6 is 0 Å². The van der Waals surface area contributed by atoms with Crippen molar-refractivity contribution in [3.8, 4) is 0 Å². The zero-order valence-electron chi connectivity index (χ0n) is 13.8. The summed E-state index contributed by atoms with van der Waals surface area (Å²) in [5.74, 6) is 2.04. The molecule has 2 saturated heterocycles. The molecule has 1 aliphatic carbocycles. The molecule has 3 heterocycles. The summed E-state index contributed by atoms with van der Waals surface area (Å²) in [6, 6.07) is 0.0685. The van der Waals surface area contributed by atoms with Crippen molar-refractivity contribution in [2.45, 2.75) is 57.2 Å². The van der Waals surface area contributed by atoms with Crippen molar-refractivity contribution in [2.24, 2.45) is 0 Å². The fourth-order valence-electron chi connectivity index (χ4n) is 3.55. The molecule has 0 unspecified atom stereocenters. The van der Waals surface area contributed by atoms with Crippen molar-refractivity contribution in [3.05, 3.63) is 11.7 Å². The van der Waals surface area contributed by atoms with Gasteiger partial charge in [-0.2, -0.15) is 4.98 Å². The van der Waals surface area contributed by atoms with E-state index in [-0.39, 0.29) is 24.2 Å². The number of ether oxygens (including phenoxy) is 1. The standard InChI is InChI=1S/C16H24N4O3/c1-10-9-13(16(21)22-10)20-7-5-19(6-8-20)11(2)15-17-14(18-23-15)12-3-4-12/h10-13H,3-9H2,1-2H3/t10-,11+,13+/m1/s1. The number of rotatable bonds is 4. The molecule has 3 fully saturated rings. The third-order valence-corrected chi connectivity index (χ3v) is 5.24. The SMILES string of the molecule is C[C@@H]1C[C@H](N2CCN([C@@H](C)c3nc(C4CC4)no3)CC2)C(=O)O1. The highest BCUT2D eigenvalue weighted by atomic mass is 16.6. The Labute approximate surface area is 136 Å². The lowest BCUT2D eigenvalue weighted by atomic mass is 10.1. The van der Waals surface area contributed by atoms with Crippen LogP contribution in [0.15, 0.2) is 4.52 Å². The quantitative estimate of drug-likeness (QED) is 0.775. The summed E-state index contributed by atoms with van der Waals surface area (Å²) in [5, 5.41) is 4.11. The predicted octanol–water partition coefficient (Wildman–Crippen LogP) is 1.33. The Balaban J connectivity index is 1.34. The monoisotopic (exact) mass is 320 g/mol. The van der Waals surface area contributed by atoms with Crippen LogP contribution in [0.4, 0.5) is 0 Å². The van der Waals surface area contributed by atoms with Gasteiger partial charge in [-0.1, -0.05) is 5.16 Å². The van der Waals surface area contributed by atoms with Crippen molar-refractivity contribution >= 4 is 5.97 Å². The van der Waals surface area contributed by atoms with E-state index in [1.54, 1.807) is 0 Å². The lowest BCUT2D eigenvalue weighted by Gasteiger charge is -2.38. The number of hydrogen-bond donors (Lipinski definition) is 0. The zero-order chi connectivity index (χ0) is 16.0. The van der Waals surface area contributed by atoms with Crippen molar-refractivity contribution < 1.29 is 14.1 Å². The fourth-order valence-corrected chi connectivity index (χ4v) is 3.55. The first-order valence-electron chi connectivity index (χ1n) is 8.64. The largest absolute Gasteiger partial charge is 0.461 e. The maximum atomic E-state index is 11.9. The Morgan fingerprint density at radius 1 is 1.22 bits per heavy atom. The lowest BCUT2D eigenvalue weighted by molar-refractivity contribution is -0.145. The highest BCUT2D eigenvalue weighted by Gasteiger charge is 2.38. The van der Waals surface area contributed by atoms with Gasteiger partial charge in [-0.15, -0.1) is 0 Å². The average molecular weight is 320 g/mol. The van der Waals surface area contributed by atoms with Gasteiger partial charge in [0.2, 0.25) is 5.89 Å². The van der Waals surface area contributed by atoms with Gasteiger partial charge >= 0.3 is 5.97 Å². The number of hydrogen-bond acceptors (Lipinski definition) is 7. The first-order chi connectivity index (χ1) is 11.1. The minimum atomic E-state index is -0.0648. The second-order valence-electron chi connectivity index (χ2n) is 7.01. The third kappa shape index (κ3) is 2.99. The topological polar surface area (TPSA) is 71.7 Å². The van der Waals surface area contributed by atoms with E-state index in [9.17, 15) is 4.79 Å². The molecule has 3 atom stereocenters. The van der Waals surface area contributed by atoms with Crippen LogP contribution in [0.25, 0.3) is 0 Å². The third-order valence-electron chi connectivity index (χ3n) is 5.24. The molecule has 1 aromatic rings. The van der Waals surface area contributed by atoms with Crippen molar-refractivity contribution in [1.82, 2.24) is 19.9 Å². The van der Waals surface area contributed by atoms with Crippen LogP contribution < -0.4 is 0 Å². The van der Waals surface area contributed by atoms with Crippen molar-refractivity contribution in [1.29, 1.82) is 0 Å². The van der Waals surface area contributed by atoms with Gasteiger partial charge in [0, 0.05) is 38.5 Å². The van der Waals surface area contributed by atoms with Crippen LogP contribution in [-0.2, 0) is 9.53 Å². The molecule has 0 radical (unpaired) electrons. The Bertz CT molecular complexity index is 578. The summed E-state index contributed by atoms with van der Waals surface area (Å²) in [7, 11) is 0. The molecule has 0 bridgehead atoms. The van der Waals surface area contributed by atoms with Crippen molar-refractivity contribution in [2.75, 3.05) is 26.2 Å². The van der Waals surface area contributed by atoms with E-state index in [0.717, 1.165) is 38.4 Å². The van der Waals surface area contributed by atoms with E-state index in [2.05, 4.69) is 26.9 Å². The summed E-state index contributed by atoms with van der Waals surface area (Å²) in [6.07, 6.45) is 3.22. The van der Waals surface area contributed by atoms with Crippen LogP contribution in [0.1, 0.15) is 56.8 Å². The van der Waals surface area contributed by atoms with Gasteiger partial charge < -0.3 is 9.26 Å². The molecule has 2 aliphatic heterocycles. The maximum absolute atomic E-state index is 11.9. The first-order valence-corrected chi connectivity index (χ1v) is 8.64. The minimum absolute atomic E-state index is 0.0451. The normalized spacial score (nSPS) is 31.3. The molecule has 3 aliphatic rings. The van der Waals surface area contributed by atoms with Gasteiger partial charge in [0.05, 0.1) is 6.04 Å². The van der Waals surface area contributed by atoms with Gasteiger partial charge in [-0.3, -0.25) is 14.6 Å². The molecule has 0 N–H and O–H groups in total. The van der Waals surface area contributed by atoms with Gasteiger partial charge in [-0.05, 0) is 26.7 Å². The van der Waals surface area contributed by atoms with E-state index in [4.69, 9.17) is 9.26 Å². The molecule has 23 heavy (non-hydrogen) atoms. The number of esters is 1. The van der Waals surface area contributed by atoms with Gasteiger partial charge in [0.15, 0.2) is 5.82 Å². The van der Waals surface area contributed by atoms with Gasteiger partial charge in [0.25, 0.3) is 0 Å². The molecule has 0 aromatic carbocycles. The zero-order valence-corrected chi connectivity index (χ0v) is 13.8. The molecular weight excluding hydrogens is 296 g/mol. The van der Waals surface area contributed by atoms with E-state index in [1.165, 1.54) is 12.8 Å². The van der Waals surface area contributed by atoms with Crippen LogP contribution in [0, 0.1) is 0 Å². The average Bonchev–Trinajstić information content (AvgIpc) is 3.18. The fraction of sp³-hybridized carbons (Fsp3) is 0.812. The molecule has 4 rings (SSSR count). The van der Waals surface area contributed by atoms with E-state index >= 15 is 0 Å². The number of cyclic esters (lactones) is 1. The van der Waals surface area contributed by atoms with Crippen LogP contribution in [0.5, 0.6) is 0 Å². The summed E-state index contributed by atoms with van der Waals surface area (Å²) in [4.78, 5) is 21.0. The van der Waals surface area contributed by atoms with E-state index in [0.29, 0.717) is 11.8 Å². The van der Waals surface area contributed by atoms with Crippen LogP contribution in [0.3, 0.4) is 0 Å². The highest BCUT2D eigenvalue weighted by molar-refractivity contribution is 5.78. The highest BCUT2D eigenvalue weighted by Crippen LogP contribution is 2.38. The Kier molecular flexibility index (Phi) is 3.85. The van der Waals surface area contributed by atoms with Gasteiger partial charge in [-0.25, -0.2) is 0 Å². The molecule has 7 nitrogen and oxygen atoms in total. The van der Waals surface area contributed by atoms with Gasteiger partial charge in [0.1, 0.15) is 12.1 Å². The van der Waals surface area contributed by atoms with Crippen LogP contribution in [0.2, 0.25) is 0 Å². The molecule has 0 amide bonds. The molecule has 0 spiro atoms. The molecular formula is C16H24N4O3. The Morgan fingerprint density at radius 2 is 1.96 bits per heavy atom. The van der Waals surface area contributed by atoms with E-state index in [1.807, 2.05) is 6.92 Å². The molecule has 126 valence electrons. The smallest absolute Gasteiger partial charge is 0.323 e. The number of carbonyl (C=O) groups is 1. The number of piperazine rings is 1.